The Morgan fingerprint density at radius 3 is 2.72 bits per heavy atom. The van der Waals surface area contributed by atoms with Gasteiger partial charge in [-0.05, 0) is 31.4 Å². The Morgan fingerprint density at radius 1 is 1.16 bits per heavy atom. The maximum Gasteiger partial charge on any atom is 0.270 e. The lowest BCUT2D eigenvalue weighted by Gasteiger charge is -2.13. The first-order valence-electron chi connectivity index (χ1n) is 10.5. The number of aromatic amines is 1. The van der Waals surface area contributed by atoms with Crippen LogP contribution in [0.25, 0.3) is 21.3 Å². The van der Waals surface area contributed by atoms with Crippen molar-refractivity contribution in [2.45, 2.75) is 24.8 Å². The van der Waals surface area contributed by atoms with Crippen molar-refractivity contribution in [1.29, 1.82) is 0 Å². The van der Waals surface area contributed by atoms with Crippen molar-refractivity contribution in [3.05, 3.63) is 65.1 Å². The molecule has 8 heteroatoms. The topological polar surface area (TPSA) is 79.0 Å². The third-order valence-corrected chi connectivity index (χ3v) is 7.54. The number of hydrogen-bond acceptors (Lipinski definition) is 6. The van der Waals surface area contributed by atoms with Crippen LogP contribution in [0.1, 0.15) is 39.3 Å². The van der Waals surface area contributed by atoms with E-state index in [-0.39, 0.29) is 17.4 Å². The maximum atomic E-state index is 12.8. The number of carbonyl (C=O) groups is 2. The number of nitrogens with zero attached hydrogens (tertiary/aromatic N) is 3. The Labute approximate surface area is 194 Å². The van der Waals surface area contributed by atoms with Gasteiger partial charge in [0.05, 0.1) is 11.1 Å². The summed E-state index contributed by atoms with van der Waals surface area (Å²) in [5.74, 6) is 0.170. The fourth-order valence-corrected chi connectivity index (χ4v) is 5.78. The van der Waals surface area contributed by atoms with E-state index in [1.165, 1.54) is 17.3 Å². The highest BCUT2D eigenvalue weighted by Gasteiger charge is 2.22. The number of hydrogen-bond donors (Lipinski definition) is 1. The van der Waals surface area contributed by atoms with Crippen LogP contribution in [-0.4, -0.2) is 50.4 Å². The lowest BCUT2D eigenvalue weighted by atomic mass is 10.1. The zero-order valence-corrected chi connectivity index (χ0v) is 19.3. The molecule has 0 radical (unpaired) electrons. The SMILES string of the molecule is Cc1ccc(-c2csc3ncnc(SCC(=O)c4c[nH]c(C(=O)N5CCCC5)c4)c23)cc1. The first-order chi connectivity index (χ1) is 15.6. The van der Waals surface area contributed by atoms with Crippen molar-refractivity contribution in [2.24, 2.45) is 0 Å². The van der Waals surface area contributed by atoms with Crippen LogP contribution >= 0.6 is 23.1 Å². The van der Waals surface area contributed by atoms with Crippen molar-refractivity contribution in [3.8, 4) is 11.1 Å². The molecule has 1 amide bonds. The van der Waals surface area contributed by atoms with Crippen LogP contribution in [-0.2, 0) is 0 Å². The third kappa shape index (κ3) is 4.08. The second-order valence-corrected chi connectivity index (χ2v) is 9.71. The van der Waals surface area contributed by atoms with Crippen molar-refractivity contribution in [2.75, 3.05) is 18.8 Å². The van der Waals surface area contributed by atoms with Gasteiger partial charge < -0.3 is 9.88 Å². The van der Waals surface area contributed by atoms with Gasteiger partial charge in [0.2, 0.25) is 0 Å². The number of carbonyl (C=O) groups excluding carboxylic acids is 2. The van der Waals surface area contributed by atoms with Gasteiger partial charge in [-0.2, -0.15) is 0 Å². The summed E-state index contributed by atoms with van der Waals surface area (Å²) < 4.78 is 0. The quantitative estimate of drug-likeness (QED) is 0.242. The summed E-state index contributed by atoms with van der Waals surface area (Å²) >= 11 is 2.99. The molecular formula is C24H22N4O2S2. The van der Waals surface area contributed by atoms with Gasteiger partial charge in [-0.15, -0.1) is 11.3 Å². The van der Waals surface area contributed by atoms with Crippen molar-refractivity contribution >= 4 is 45.0 Å². The molecule has 0 bridgehead atoms. The zero-order valence-electron chi connectivity index (χ0n) is 17.6. The Morgan fingerprint density at radius 2 is 1.94 bits per heavy atom. The fourth-order valence-electron chi connectivity index (χ4n) is 3.89. The molecule has 0 atom stereocenters. The predicted octanol–water partition coefficient (Wildman–Crippen LogP) is 5.21. The molecule has 0 spiro atoms. The highest BCUT2D eigenvalue weighted by molar-refractivity contribution is 8.00. The summed E-state index contributed by atoms with van der Waals surface area (Å²) in [6.07, 6.45) is 5.25. The fraction of sp³-hybridized carbons (Fsp3) is 0.250. The molecule has 1 aliphatic rings. The maximum absolute atomic E-state index is 12.8. The number of nitrogens with one attached hydrogen (secondary N) is 1. The molecule has 6 nitrogen and oxygen atoms in total. The van der Waals surface area contributed by atoms with Gasteiger partial charge in [-0.3, -0.25) is 9.59 Å². The largest absolute Gasteiger partial charge is 0.356 e. The number of thioether (sulfide) groups is 1. The van der Waals surface area contributed by atoms with Gasteiger partial charge in [0, 0.05) is 35.8 Å². The number of Topliss-reactive ketones (excluding diaryl/α,β-unsaturated/α-hetero) is 1. The lowest BCUT2D eigenvalue weighted by molar-refractivity contribution is 0.0787. The number of aromatic nitrogens is 3. The van der Waals surface area contributed by atoms with E-state index in [4.69, 9.17) is 0 Å². The number of ketones is 1. The van der Waals surface area contributed by atoms with Crippen molar-refractivity contribution < 1.29 is 9.59 Å². The number of rotatable bonds is 6. The predicted molar refractivity (Wildman–Crippen MR) is 129 cm³/mol. The molecule has 0 aliphatic carbocycles. The summed E-state index contributed by atoms with van der Waals surface area (Å²) in [5, 5.41) is 3.88. The third-order valence-electron chi connectivity index (χ3n) is 5.67. The molecule has 4 aromatic rings. The molecule has 1 aromatic carbocycles. The van der Waals surface area contributed by atoms with Gasteiger partial charge in [0.15, 0.2) is 5.78 Å². The summed E-state index contributed by atoms with van der Waals surface area (Å²) in [6, 6.07) is 10.0. The normalized spacial score (nSPS) is 13.7. The summed E-state index contributed by atoms with van der Waals surface area (Å²) in [7, 11) is 0. The van der Waals surface area contributed by atoms with E-state index in [1.54, 1.807) is 29.9 Å². The molecule has 0 saturated carbocycles. The first kappa shape index (κ1) is 20.9. The van der Waals surface area contributed by atoms with Crippen molar-refractivity contribution in [3.63, 3.8) is 0 Å². The molecular weight excluding hydrogens is 440 g/mol. The molecule has 1 aliphatic heterocycles. The van der Waals surface area contributed by atoms with E-state index >= 15 is 0 Å². The second kappa shape index (κ2) is 8.88. The van der Waals surface area contributed by atoms with Crippen LogP contribution in [0, 0.1) is 6.92 Å². The minimum absolute atomic E-state index is 0.0345. The summed E-state index contributed by atoms with van der Waals surface area (Å²) in [6.45, 7) is 3.63. The van der Waals surface area contributed by atoms with Crippen LogP contribution < -0.4 is 0 Å². The van der Waals surface area contributed by atoms with Gasteiger partial charge in [-0.1, -0.05) is 41.6 Å². The van der Waals surface area contributed by atoms with Crippen LogP contribution in [0.2, 0.25) is 0 Å². The van der Waals surface area contributed by atoms with Gasteiger partial charge in [0.25, 0.3) is 5.91 Å². The molecule has 4 heterocycles. The van der Waals surface area contributed by atoms with E-state index in [0.29, 0.717) is 11.3 Å². The standard InChI is InChI=1S/C24H22N4O2S2/c1-15-4-6-16(7-5-15)18-12-31-22-21(18)23(27-14-26-22)32-13-20(29)17-10-19(25-11-17)24(30)28-8-2-3-9-28/h4-7,10-12,14,25H,2-3,8-9,13H2,1H3. The Balaban J connectivity index is 1.34. The molecule has 162 valence electrons. The van der Waals surface area contributed by atoms with E-state index in [0.717, 1.165) is 52.3 Å². The van der Waals surface area contributed by atoms with E-state index in [1.807, 2.05) is 4.90 Å². The van der Waals surface area contributed by atoms with Crippen LogP contribution in [0.4, 0.5) is 0 Å². The van der Waals surface area contributed by atoms with Crippen molar-refractivity contribution in [1.82, 2.24) is 19.9 Å². The molecule has 3 aromatic heterocycles. The minimum Gasteiger partial charge on any atom is -0.356 e. The van der Waals surface area contributed by atoms with Gasteiger partial charge >= 0.3 is 0 Å². The number of amides is 1. The monoisotopic (exact) mass is 462 g/mol. The summed E-state index contributed by atoms with van der Waals surface area (Å²) in [5.41, 5.74) is 4.40. The zero-order chi connectivity index (χ0) is 22.1. The lowest BCUT2D eigenvalue weighted by Crippen LogP contribution is -2.27. The molecule has 1 fully saturated rings. The van der Waals surface area contributed by atoms with Gasteiger partial charge in [-0.25, -0.2) is 9.97 Å². The second-order valence-electron chi connectivity index (χ2n) is 7.89. The minimum atomic E-state index is -0.0365. The number of benzene rings is 1. The highest BCUT2D eigenvalue weighted by atomic mass is 32.2. The number of likely N-dealkylation sites (tertiary alicyclic amines) is 1. The van der Waals surface area contributed by atoms with E-state index < -0.39 is 0 Å². The van der Waals surface area contributed by atoms with Gasteiger partial charge in [0.1, 0.15) is 21.9 Å². The smallest absolute Gasteiger partial charge is 0.270 e. The molecule has 1 N–H and O–H groups in total. The number of fused-ring (bicyclic) bond motifs is 1. The Hall–Kier alpha value is -2.97. The highest BCUT2D eigenvalue weighted by Crippen LogP contribution is 2.38. The molecule has 5 rings (SSSR count). The Kier molecular flexibility index (Phi) is 5.80. The average molecular weight is 463 g/mol. The molecule has 1 saturated heterocycles. The van der Waals surface area contributed by atoms with Crippen LogP contribution in [0.3, 0.4) is 0 Å². The Bertz CT molecular complexity index is 1290. The number of H-pyrrole nitrogens is 1. The number of aryl methyl sites for hydroxylation is 1. The van der Waals surface area contributed by atoms with E-state index in [2.05, 4.69) is 51.5 Å². The number of thiophene rings is 1. The van der Waals surface area contributed by atoms with Crippen LogP contribution in [0.5, 0.6) is 0 Å². The van der Waals surface area contributed by atoms with Crippen LogP contribution in [0.15, 0.2) is 53.3 Å². The van der Waals surface area contributed by atoms with E-state index in [9.17, 15) is 9.59 Å². The summed E-state index contributed by atoms with van der Waals surface area (Å²) in [4.78, 5) is 40.0. The average Bonchev–Trinajstić information content (AvgIpc) is 3.58. The first-order valence-corrected chi connectivity index (χ1v) is 12.4. The molecule has 32 heavy (non-hydrogen) atoms. The molecule has 0 unspecified atom stereocenters.